The van der Waals surface area contributed by atoms with Gasteiger partial charge in [-0.25, -0.2) is 9.59 Å². The fourth-order valence-corrected chi connectivity index (χ4v) is 4.74. The first-order valence-electron chi connectivity index (χ1n) is 11.8. The number of piperazine rings is 1. The minimum Gasteiger partial charge on any atom is -0.488 e. The van der Waals surface area contributed by atoms with Gasteiger partial charge in [-0.2, -0.15) is 4.98 Å². The highest BCUT2D eigenvalue weighted by molar-refractivity contribution is 9.10. The van der Waals surface area contributed by atoms with Crippen LogP contribution in [0.15, 0.2) is 15.3 Å². The number of amides is 1. The number of anilines is 1. The van der Waals surface area contributed by atoms with Gasteiger partial charge in [0.1, 0.15) is 23.5 Å². The zero-order chi connectivity index (χ0) is 26.1. The molecule has 2 atom stereocenters. The molecule has 194 valence electrons. The summed E-state index contributed by atoms with van der Waals surface area (Å²) in [5.41, 5.74) is -0.198. The Labute approximate surface area is 219 Å². The lowest BCUT2D eigenvalue weighted by molar-refractivity contribution is 0.0130. The van der Waals surface area contributed by atoms with Crippen molar-refractivity contribution >= 4 is 50.3 Å². The molecule has 1 N–H and O–H groups in total. The number of aliphatic hydroxyl groups excluding tert-OH is 1. The first kappa shape index (κ1) is 27.5. The summed E-state index contributed by atoms with van der Waals surface area (Å²) in [7, 11) is 0. The number of aromatic nitrogens is 2. The maximum atomic E-state index is 12.9. The number of carbonyl (C=O) groups excluding carboxylic acids is 1. The van der Waals surface area contributed by atoms with Crippen LogP contribution in [0.4, 0.5) is 10.6 Å². The molecule has 1 saturated heterocycles. The second-order valence-corrected chi connectivity index (χ2v) is 11.0. The highest BCUT2D eigenvalue weighted by atomic mass is 79.9. The van der Waals surface area contributed by atoms with Gasteiger partial charge in [0.25, 0.3) is 0 Å². The van der Waals surface area contributed by atoms with E-state index in [1.807, 2.05) is 47.6 Å². The predicted molar refractivity (Wildman–Crippen MR) is 141 cm³/mol. The molecule has 9 nitrogen and oxygen atoms in total. The average molecular weight is 574 g/mol. The normalized spacial score (nSPS) is 19.7. The van der Waals surface area contributed by atoms with Crippen LogP contribution < -0.4 is 15.3 Å². The van der Waals surface area contributed by atoms with Crippen molar-refractivity contribution < 1.29 is 19.4 Å². The van der Waals surface area contributed by atoms with Crippen LogP contribution in [0, 0.1) is 0 Å². The molecule has 2 aliphatic heterocycles. The molecular formula is C24H34BrClN4O5. The maximum Gasteiger partial charge on any atom is 0.410 e. The summed E-state index contributed by atoms with van der Waals surface area (Å²) in [5.74, 6) is 1.11. The molecule has 0 bridgehead atoms. The van der Waals surface area contributed by atoms with E-state index in [0.29, 0.717) is 59.4 Å². The van der Waals surface area contributed by atoms with Gasteiger partial charge in [-0.15, -0.1) is 0 Å². The molecule has 0 radical (unpaired) electrons. The van der Waals surface area contributed by atoms with Gasteiger partial charge in [0.15, 0.2) is 5.75 Å². The third-order valence-corrected chi connectivity index (χ3v) is 7.08. The van der Waals surface area contributed by atoms with E-state index in [1.165, 1.54) is 0 Å². The van der Waals surface area contributed by atoms with Crippen LogP contribution in [0.25, 0.3) is 10.9 Å². The molecule has 11 heteroatoms. The number of rotatable bonds is 2. The number of benzene rings is 1. The van der Waals surface area contributed by atoms with Crippen LogP contribution in [-0.4, -0.2) is 69.6 Å². The van der Waals surface area contributed by atoms with E-state index >= 15 is 0 Å². The summed E-state index contributed by atoms with van der Waals surface area (Å²) in [6.07, 6.45) is 0.539. The number of halogens is 2. The molecule has 0 spiro atoms. The first-order valence-corrected chi connectivity index (χ1v) is 13.0. The van der Waals surface area contributed by atoms with E-state index in [2.05, 4.69) is 25.8 Å². The molecule has 0 aliphatic carbocycles. The van der Waals surface area contributed by atoms with Crippen molar-refractivity contribution in [2.75, 3.05) is 31.2 Å². The molecule has 2 aromatic rings. The fraction of sp³-hybridized carbons (Fsp3) is 0.625. The Balaban J connectivity index is 0.000000795. The second-order valence-electron chi connectivity index (χ2n) is 9.82. The summed E-state index contributed by atoms with van der Waals surface area (Å²) in [4.78, 5) is 33.8. The van der Waals surface area contributed by atoms with Crippen LogP contribution in [0.5, 0.6) is 5.75 Å². The zero-order valence-electron chi connectivity index (χ0n) is 21.1. The molecule has 1 unspecified atom stereocenters. The predicted octanol–water partition coefficient (Wildman–Crippen LogP) is 4.43. The Morgan fingerprint density at radius 1 is 1.31 bits per heavy atom. The molecule has 3 heterocycles. The van der Waals surface area contributed by atoms with E-state index in [1.54, 1.807) is 9.47 Å². The van der Waals surface area contributed by atoms with E-state index in [-0.39, 0.29) is 23.9 Å². The van der Waals surface area contributed by atoms with Crippen molar-refractivity contribution in [1.29, 1.82) is 0 Å². The standard InChI is InChI=1S/C21H26BrClN4O4.C3H8O/c1-11-10-27(20(29)31-21(3,4)5)12(2)9-26(11)18-13-8-14(23)15(22)17-16(13)25(6-7-30-17)19(28)24-18;1-2-3-4/h8,11-12H,6-7,9-10H2,1-5H3;4H,2-3H2,1H3/t11?,12-;/m1./s1. The lowest BCUT2D eigenvalue weighted by Crippen LogP contribution is -2.59. The lowest BCUT2D eigenvalue weighted by Gasteiger charge is -2.45. The minimum atomic E-state index is -0.562. The van der Waals surface area contributed by atoms with Gasteiger partial charge >= 0.3 is 11.8 Å². The Hall–Kier alpha value is -2.04. The number of carbonyl (C=O) groups is 1. The number of hydrogen-bond donors (Lipinski definition) is 1. The zero-order valence-corrected chi connectivity index (χ0v) is 23.4. The molecule has 35 heavy (non-hydrogen) atoms. The van der Waals surface area contributed by atoms with Crippen LogP contribution in [0.2, 0.25) is 5.02 Å². The minimum absolute atomic E-state index is 0.0793. The first-order chi connectivity index (χ1) is 16.4. The van der Waals surface area contributed by atoms with Crippen molar-refractivity contribution in [2.24, 2.45) is 0 Å². The van der Waals surface area contributed by atoms with Crippen LogP contribution in [0.1, 0.15) is 48.0 Å². The summed E-state index contributed by atoms with van der Waals surface area (Å²) < 4.78 is 13.7. The molecule has 1 fully saturated rings. The van der Waals surface area contributed by atoms with Crippen molar-refractivity contribution in [3.8, 4) is 5.75 Å². The van der Waals surface area contributed by atoms with Crippen LogP contribution in [-0.2, 0) is 11.3 Å². The number of aliphatic hydroxyl groups is 1. The monoisotopic (exact) mass is 572 g/mol. The maximum absolute atomic E-state index is 12.9. The Kier molecular flexibility index (Phi) is 8.60. The molecule has 1 amide bonds. The second kappa shape index (κ2) is 10.9. The Morgan fingerprint density at radius 3 is 2.57 bits per heavy atom. The van der Waals surface area contributed by atoms with Gasteiger partial charge in [0.05, 0.1) is 16.0 Å². The smallest absolute Gasteiger partial charge is 0.410 e. The Bertz CT molecular complexity index is 1150. The lowest BCUT2D eigenvalue weighted by atomic mass is 10.1. The van der Waals surface area contributed by atoms with Gasteiger partial charge in [-0.05, 0) is 63.0 Å². The van der Waals surface area contributed by atoms with Gasteiger partial charge in [-0.1, -0.05) is 18.5 Å². The summed E-state index contributed by atoms with van der Waals surface area (Å²) >= 11 is 9.94. The van der Waals surface area contributed by atoms with E-state index in [9.17, 15) is 9.59 Å². The number of nitrogens with zero attached hydrogens (tertiary/aromatic N) is 4. The van der Waals surface area contributed by atoms with E-state index in [4.69, 9.17) is 26.2 Å². The van der Waals surface area contributed by atoms with Gasteiger partial charge in [0, 0.05) is 37.2 Å². The van der Waals surface area contributed by atoms with Crippen molar-refractivity contribution in [3.63, 3.8) is 0 Å². The van der Waals surface area contributed by atoms with E-state index < -0.39 is 5.60 Å². The van der Waals surface area contributed by atoms with Crippen LogP contribution in [0.3, 0.4) is 0 Å². The largest absolute Gasteiger partial charge is 0.488 e. The highest BCUT2D eigenvalue weighted by Crippen LogP contribution is 2.43. The fourth-order valence-electron chi connectivity index (χ4n) is 4.13. The summed E-state index contributed by atoms with van der Waals surface area (Å²) in [6.45, 7) is 13.6. The summed E-state index contributed by atoms with van der Waals surface area (Å²) in [5, 5.41) is 9.12. The van der Waals surface area contributed by atoms with Crippen molar-refractivity contribution in [3.05, 3.63) is 26.0 Å². The van der Waals surface area contributed by atoms with Gasteiger partial charge in [-0.3, -0.25) is 4.57 Å². The third kappa shape index (κ3) is 5.86. The SMILES string of the molecule is CC1CN(C(=O)OC(C)(C)C)[C@H](C)CN1c1nc(=O)n2c3c(c(Br)c(Cl)cc13)OCC2.CCCO. The molecular weight excluding hydrogens is 540 g/mol. The third-order valence-electron chi connectivity index (χ3n) is 5.76. The Morgan fingerprint density at radius 2 is 1.97 bits per heavy atom. The van der Waals surface area contributed by atoms with Crippen molar-refractivity contribution in [1.82, 2.24) is 14.5 Å². The van der Waals surface area contributed by atoms with Crippen molar-refractivity contribution in [2.45, 2.75) is 72.2 Å². The quantitative estimate of drug-likeness (QED) is 0.568. The number of ether oxygens (including phenoxy) is 2. The molecule has 2 aliphatic rings. The van der Waals surface area contributed by atoms with Crippen LogP contribution >= 0.6 is 27.5 Å². The molecule has 1 aromatic heterocycles. The van der Waals surface area contributed by atoms with Gasteiger partial charge in [0.2, 0.25) is 0 Å². The molecule has 0 saturated carbocycles. The highest BCUT2D eigenvalue weighted by Gasteiger charge is 2.36. The average Bonchev–Trinajstić information content (AvgIpc) is 2.79. The van der Waals surface area contributed by atoms with E-state index in [0.717, 1.165) is 11.8 Å². The molecule has 1 aromatic carbocycles. The summed E-state index contributed by atoms with van der Waals surface area (Å²) in [6, 6.07) is 1.61. The van der Waals surface area contributed by atoms with Gasteiger partial charge < -0.3 is 24.4 Å². The molecule has 4 rings (SSSR count). The topological polar surface area (TPSA) is 97.1 Å². The number of hydrogen-bond acceptors (Lipinski definition) is 7.